The molecule has 3 rings (SSSR count). The zero-order valence-electron chi connectivity index (χ0n) is 16.2. The van der Waals surface area contributed by atoms with Crippen molar-refractivity contribution in [2.75, 3.05) is 0 Å². The lowest BCUT2D eigenvalue weighted by Gasteiger charge is -2.15. The predicted octanol–water partition coefficient (Wildman–Crippen LogP) is 2.13. The largest absolute Gasteiger partial charge is 0.326 e. The zero-order valence-corrected chi connectivity index (χ0v) is 16.2. The van der Waals surface area contributed by atoms with Crippen LogP contribution < -0.4 is 10.6 Å². The van der Waals surface area contributed by atoms with Gasteiger partial charge in [0, 0.05) is 0 Å². The maximum atomic E-state index is 12.3. The molecule has 2 N–H and O–H groups in total. The van der Waals surface area contributed by atoms with Crippen LogP contribution in [0.3, 0.4) is 0 Å². The fourth-order valence-corrected chi connectivity index (χ4v) is 3.54. The maximum Gasteiger partial charge on any atom is 0.325 e. The van der Waals surface area contributed by atoms with Gasteiger partial charge in [0.2, 0.25) is 0 Å². The number of rotatable bonds is 8. The monoisotopic (exact) mass is 386 g/mol. The second kappa shape index (κ2) is 8.41. The third-order valence-corrected chi connectivity index (χ3v) is 5.07. The molecule has 28 heavy (non-hydrogen) atoms. The molecular formula is C20H26N4O4. The number of hydrogen-bond donors (Lipinski definition) is 2. The Hall–Kier alpha value is -2.90. The van der Waals surface area contributed by atoms with Gasteiger partial charge in [-0.15, -0.1) is 0 Å². The number of hydrogen-bond acceptors (Lipinski definition) is 4. The van der Waals surface area contributed by atoms with Crippen LogP contribution in [0, 0.1) is 0 Å². The molecule has 0 saturated carbocycles. The van der Waals surface area contributed by atoms with Gasteiger partial charge in [0.05, 0.1) is 13.1 Å². The van der Waals surface area contributed by atoms with E-state index in [2.05, 4.69) is 10.6 Å². The minimum atomic E-state index is -0.437. The smallest absolute Gasteiger partial charge is 0.325 e. The van der Waals surface area contributed by atoms with Gasteiger partial charge in [-0.05, 0) is 24.0 Å². The molecule has 0 aliphatic carbocycles. The first-order valence-electron chi connectivity index (χ1n) is 9.76. The molecule has 2 aliphatic rings. The van der Waals surface area contributed by atoms with Crippen LogP contribution >= 0.6 is 0 Å². The Balaban J connectivity index is 1.61. The normalized spacial score (nSPS) is 22.1. The highest BCUT2D eigenvalue weighted by Crippen LogP contribution is 2.18. The first kappa shape index (κ1) is 19.9. The van der Waals surface area contributed by atoms with Crippen LogP contribution in [0.1, 0.15) is 50.7 Å². The Morgan fingerprint density at radius 3 is 1.39 bits per heavy atom. The van der Waals surface area contributed by atoms with Crippen molar-refractivity contribution in [3.05, 3.63) is 35.4 Å². The van der Waals surface area contributed by atoms with Gasteiger partial charge in [0.1, 0.15) is 12.1 Å². The zero-order chi connectivity index (χ0) is 20.3. The minimum absolute atomic E-state index is 0.197. The summed E-state index contributed by atoms with van der Waals surface area (Å²) in [4.78, 5) is 51.1. The second-order valence-corrected chi connectivity index (χ2v) is 7.25. The van der Waals surface area contributed by atoms with Crippen LogP contribution in [0.15, 0.2) is 24.3 Å². The van der Waals surface area contributed by atoms with Crippen LogP contribution in [0.2, 0.25) is 0 Å². The highest BCUT2D eigenvalue weighted by atomic mass is 16.2. The molecule has 2 atom stereocenters. The van der Waals surface area contributed by atoms with E-state index in [1.165, 1.54) is 9.80 Å². The maximum absolute atomic E-state index is 12.3. The van der Waals surface area contributed by atoms with Crippen molar-refractivity contribution in [3.8, 4) is 0 Å². The van der Waals surface area contributed by atoms with Crippen molar-refractivity contribution in [1.82, 2.24) is 20.4 Å². The van der Waals surface area contributed by atoms with E-state index in [9.17, 15) is 19.2 Å². The van der Waals surface area contributed by atoms with E-state index in [4.69, 9.17) is 0 Å². The lowest BCUT2D eigenvalue weighted by molar-refractivity contribution is -0.128. The molecule has 1 aromatic rings. The van der Waals surface area contributed by atoms with Crippen molar-refractivity contribution < 1.29 is 19.2 Å². The third-order valence-electron chi connectivity index (χ3n) is 5.07. The van der Waals surface area contributed by atoms with Gasteiger partial charge >= 0.3 is 12.1 Å². The third kappa shape index (κ3) is 4.00. The molecular weight excluding hydrogens is 360 g/mol. The summed E-state index contributed by atoms with van der Waals surface area (Å²) in [5.41, 5.74) is 1.62. The molecule has 2 fully saturated rings. The quantitative estimate of drug-likeness (QED) is 0.669. The summed E-state index contributed by atoms with van der Waals surface area (Å²) in [7, 11) is 0. The van der Waals surface area contributed by atoms with Crippen LogP contribution in [0.4, 0.5) is 9.59 Å². The van der Waals surface area contributed by atoms with E-state index in [0.717, 1.165) is 24.0 Å². The van der Waals surface area contributed by atoms with E-state index in [-0.39, 0.29) is 37.0 Å². The Bertz CT molecular complexity index is 712. The predicted molar refractivity (Wildman–Crippen MR) is 102 cm³/mol. The molecule has 8 heteroatoms. The van der Waals surface area contributed by atoms with Gasteiger partial charge < -0.3 is 10.6 Å². The van der Waals surface area contributed by atoms with Crippen LogP contribution in [-0.4, -0.2) is 45.8 Å². The Kier molecular flexibility index (Phi) is 5.96. The van der Waals surface area contributed by atoms with E-state index >= 15 is 0 Å². The summed E-state index contributed by atoms with van der Waals surface area (Å²) in [5.74, 6) is -0.394. The van der Waals surface area contributed by atoms with Gasteiger partial charge in [-0.2, -0.15) is 0 Å². The summed E-state index contributed by atoms with van der Waals surface area (Å²) in [6.07, 6.45) is 2.90. The second-order valence-electron chi connectivity index (χ2n) is 7.25. The highest BCUT2D eigenvalue weighted by Gasteiger charge is 2.38. The van der Waals surface area contributed by atoms with Crippen LogP contribution in [0.25, 0.3) is 0 Å². The van der Waals surface area contributed by atoms with Gasteiger partial charge in [-0.3, -0.25) is 19.4 Å². The van der Waals surface area contributed by atoms with Crippen molar-refractivity contribution in [3.63, 3.8) is 0 Å². The van der Waals surface area contributed by atoms with E-state index in [1.54, 1.807) is 0 Å². The van der Waals surface area contributed by atoms with Gasteiger partial charge in [-0.25, -0.2) is 9.59 Å². The number of carbonyl (C=O) groups is 4. The lowest BCUT2D eigenvalue weighted by Crippen LogP contribution is -2.31. The Labute approximate surface area is 164 Å². The summed E-state index contributed by atoms with van der Waals surface area (Å²) >= 11 is 0. The van der Waals surface area contributed by atoms with Gasteiger partial charge in [0.15, 0.2) is 0 Å². The minimum Gasteiger partial charge on any atom is -0.326 e. The molecule has 2 saturated heterocycles. The molecule has 0 radical (unpaired) electrons. The Morgan fingerprint density at radius 1 is 0.714 bits per heavy atom. The fraction of sp³-hybridized carbons (Fsp3) is 0.500. The van der Waals surface area contributed by atoms with E-state index in [0.29, 0.717) is 12.8 Å². The van der Waals surface area contributed by atoms with Crippen molar-refractivity contribution in [2.24, 2.45) is 0 Å². The van der Waals surface area contributed by atoms with Crippen LogP contribution in [-0.2, 0) is 22.7 Å². The summed E-state index contributed by atoms with van der Waals surface area (Å²) < 4.78 is 0. The number of benzene rings is 1. The lowest BCUT2D eigenvalue weighted by atomic mass is 10.1. The molecule has 2 heterocycles. The topological polar surface area (TPSA) is 98.8 Å². The number of nitrogens with one attached hydrogen (secondary N) is 2. The van der Waals surface area contributed by atoms with Gasteiger partial charge in [-0.1, -0.05) is 51.0 Å². The van der Waals surface area contributed by atoms with Gasteiger partial charge in [0.25, 0.3) is 11.8 Å². The highest BCUT2D eigenvalue weighted by molar-refractivity contribution is 6.04. The average molecular weight is 386 g/mol. The first-order chi connectivity index (χ1) is 13.4. The van der Waals surface area contributed by atoms with E-state index < -0.39 is 12.1 Å². The molecule has 0 aromatic heterocycles. The van der Waals surface area contributed by atoms with Crippen molar-refractivity contribution in [2.45, 2.75) is 64.7 Å². The number of amides is 6. The molecule has 1 aromatic carbocycles. The van der Waals surface area contributed by atoms with Crippen molar-refractivity contribution in [1.29, 1.82) is 0 Å². The number of urea groups is 2. The first-order valence-corrected chi connectivity index (χ1v) is 9.76. The summed E-state index contributed by atoms with van der Waals surface area (Å²) in [5, 5.41) is 5.42. The molecule has 0 bridgehead atoms. The molecule has 0 spiro atoms. The summed E-state index contributed by atoms with van der Waals surface area (Å²) in [6.45, 7) is 4.34. The SMILES string of the molecule is CCC[C@@H]1NC(=O)N(Cc2ccc(CN3C(=O)N[C@H](CCC)C3=O)cc2)C1=O. The standard InChI is InChI=1S/C20H26N4O4/c1-3-5-15-17(25)23(19(27)21-15)11-13-7-9-14(10-8-13)12-24-18(26)16(6-4-2)22-20(24)28/h7-10,15-16H,3-6,11-12H2,1-2H3,(H,21,27)(H,22,28)/t15-,16+. The molecule has 0 unspecified atom stereocenters. The molecule has 8 nitrogen and oxygen atoms in total. The average Bonchev–Trinajstić information content (AvgIpc) is 3.08. The van der Waals surface area contributed by atoms with E-state index in [1.807, 2.05) is 38.1 Å². The Morgan fingerprint density at radius 2 is 1.07 bits per heavy atom. The fourth-order valence-electron chi connectivity index (χ4n) is 3.54. The molecule has 2 aliphatic heterocycles. The molecule has 6 amide bonds. The number of imide groups is 2. The van der Waals surface area contributed by atoms with Crippen LogP contribution in [0.5, 0.6) is 0 Å². The number of carbonyl (C=O) groups excluding carboxylic acids is 4. The number of nitrogens with zero attached hydrogens (tertiary/aromatic N) is 2. The molecule has 150 valence electrons. The summed E-state index contributed by atoms with van der Waals surface area (Å²) in [6, 6.07) is 5.63. The van der Waals surface area contributed by atoms with Crippen molar-refractivity contribution >= 4 is 23.9 Å².